The lowest BCUT2D eigenvalue weighted by atomic mass is 10.1. The second-order valence-electron chi connectivity index (χ2n) is 4.85. The maximum absolute atomic E-state index is 5.96. The molecular weight excluding hydrogens is 224 g/mol. The number of nitrogens with zero attached hydrogens (tertiary/aromatic N) is 2. The SMILES string of the molecule is Nc1cn[nH]c1C1CCCN1Cc1ccccc1. The van der Waals surface area contributed by atoms with Crippen molar-refractivity contribution in [2.75, 3.05) is 12.3 Å². The fourth-order valence-corrected chi connectivity index (χ4v) is 2.73. The van der Waals surface area contributed by atoms with E-state index in [9.17, 15) is 0 Å². The van der Waals surface area contributed by atoms with Crippen LogP contribution in [0.5, 0.6) is 0 Å². The third kappa shape index (κ3) is 2.11. The Morgan fingerprint density at radius 1 is 1.33 bits per heavy atom. The molecule has 0 spiro atoms. The van der Waals surface area contributed by atoms with Crippen molar-refractivity contribution in [2.45, 2.75) is 25.4 Å². The Kier molecular flexibility index (Phi) is 3.02. The predicted molar refractivity (Wildman–Crippen MR) is 71.8 cm³/mol. The molecule has 0 amide bonds. The van der Waals surface area contributed by atoms with Crippen LogP contribution in [0, 0.1) is 0 Å². The van der Waals surface area contributed by atoms with E-state index in [0.717, 1.165) is 30.9 Å². The van der Waals surface area contributed by atoms with Crippen LogP contribution in [0.4, 0.5) is 5.69 Å². The standard InChI is InChI=1S/C14H18N4/c15-12-9-16-17-14(12)13-7-4-8-18(13)10-11-5-2-1-3-6-11/h1-3,5-6,9,13H,4,7-8,10,15H2,(H,16,17). The summed E-state index contributed by atoms with van der Waals surface area (Å²) in [6.07, 6.45) is 4.07. The van der Waals surface area contributed by atoms with E-state index in [4.69, 9.17) is 5.73 Å². The molecule has 0 aliphatic carbocycles. The van der Waals surface area contributed by atoms with Crippen molar-refractivity contribution in [3.63, 3.8) is 0 Å². The molecule has 1 saturated heterocycles. The highest BCUT2D eigenvalue weighted by Gasteiger charge is 2.28. The minimum absolute atomic E-state index is 0.382. The Labute approximate surface area is 107 Å². The lowest BCUT2D eigenvalue weighted by Crippen LogP contribution is -2.23. The molecule has 2 aromatic rings. The first kappa shape index (κ1) is 11.3. The first-order chi connectivity index (χ1) is 8.84. The lowest BCUT2D eigenvalue weighted by molar-refractivity contribution is 0.245. The van der Waals surface area contributed by atoms with E-state index in [1.165, 1.54) is 12.0 Å². The van der Waals surface area contributed by atoms with E-state index in [1.807, 2.05) is 0 Å². The summed E-state index contributed by atoms with van der Waals surface area (Å²) in [6.45, 7) is 2.10. The van der Waals surface area contributed by atoms with E-state index in [2.05, 4.69) is 45.4 Å². The second-order valence-corrected chi connectivity index (χ2v) is 4.85. The zero-order valence-corrected chi connectivity index (χ0v) is 10.3. The predicted octanol–water partition coefficient (Wildman–Crippen LogP) is 2.33. The molecular formula is C14H18N4. The number of rotatable bonds is 3. The second kappa shape index (κ2) is 4.82. The number of nitrogen functional groups attached to an aromatic ring is 1. The summed E-state index contributed by atoms with van der Waals surface area (Å²) < 4.78 is 0. The summed E-state index contributed by atoms with van der Waals surface area (Å²) in [5.41, 5.74) is 9.16. The molecule has 18 heavy (non-hydrogen) atoms. The number of anilines is 1. The smallest absolute Gasteiger partial charge is 0.0753 e. The minimum atomic E-state index is 0.382. The van der Waals surface area contributed by atoms with Crippen molar-refractivity contribution in [3.8, 4) is 0 Å². The van der Waals surface area contributed by atoms with Gasteiger partial charge in [0.25, 0.3) is 0 Å². The van der Waals surface area contributed by atoms with Gasteiger partial charge in [-0.05, 0) is 24.9 Å². The topological polar surface area (TPSA) is 57.9 Å². The van der Waals surface area contributed by atoms with Gasteiger partial charge in [-0.1, -0.05) is 30.3 Å². The van der Waals surface area contributed by atoms with Gasteiger partial charge in [-0.25, -0.2) is 0 Å². The molecule has 3 rings (SSSR count). The van der Waals surface area contributed by atoms with Gasteiger partial charge < -0.3 is 5.73 Å². The summed E-state index contributed by atoms with van der Waals surface area (Å²) in [6, 6.07) is 11.0. The highest BCUT2D eigenvalue weighted by molar-refractivity contribution is 5.42. The van der Waals surface area contributed by atoms with Crippen molar-refractivity contribution in [3.05, 3.63) is 47.8 Å². The van der Waals surface area contributed by atoms with E-state index in [0.29, 0.717) is 6.04 Å². The third-order valence-corrected chi connectivity index (χ3v) is 3.63. The van der Waals surface area contributed by atoms with Crippen molar-refractivity contribution in [1.29, 1.82) is 0 Å². The molecule has 1 aromatic carbocycles. The van der Waals surface area contributed by atoms with Gasteiger partial charge in [0, 0.05) is 6.54 Å². The molecule has 94 valence electrons. The quantitative estimate of drug-likeness (QED) is 0.868. The van der Waals surface area contributed by atoms with Crippen LogP contribution < -0.4 is 5.73 Å². The number of aromatic nitrogens is 2. The third-order valence-electron chi connectivity index (χ3n) is 3.63. The van der Waals surface area contributed by atoms with Crippen LogP contribution in [0.1, 0.15) is 30.1 Å². The number of aromatic amines is 1. The Bertz CT molecular complexity index is 506. The van der Waals surface area contributed by atoms with Gasteiger partial charge in [-0.3, -0.25) is 10.00 Å². The van der Waals surface area contributed by atoms with Crippen molar-refractivity contribution >= 4 is 5.69 Å². The first-order valence-electron chi connectivity index (χ1n) is 6.41. The molecule has 4 nitrogen and oxygen atoms in total. The minimum Gasteiger partial charge on any atom is -0.396 e. The number of likely N-dealkylation sites (tertiary alicyclic amines) is 1. The van der Waals surface area contributed by atoms with Gasteiger partial charge in [0.1, 0.15) is 0 Å². The Morgan fingerprint density at radius 2 is 2.17 bits per heavy atom. The summed E-state index contributed by atoms with van der Waals surface area (Å²) >= 11 is 0. The van der Waals surface area contributed by atoms with Gasteiger partial charge in [0.2, 0.25) is 0 Å². The van der Waals surface area contributed by atoms with Crippen LogP contribution in [-0.2, 0) is 6.54 Å². The Balaban J connectivity index is 1.78. The van der Waals surface area contributed by atoms with Crippen molar-refractivity contribution in [2.24, 2.45) is 0 Å². The van der Waals surface area contributed by atoms with Crippen molar-refractivity contribution < 1.29 is 0 Å². The molecule has 1 unspecified atom stereocenters. The van der Waals surface area contributed by atoms with Gasteiger partial charge >= 0.3 is 0 Å². The molecule has 0 radical (unpaired) electrons. The van der Waals surface area contributed by atoms with Crippen LogP contribution in [0.3, 0.4) is 0 Å². The zero-order chi connectivity index (χ0) is 12.4. The fraction of sp³-hybridized carbons (Fsp3) is 0.357. The average Bonchev–Trinajstić information content (AvgIpc) is 2.99. The van der Waals surface area contributed by atoms with E-state index >= 15 is 0 Å². The number of hydrogen-bond acceptors (Lipinski definition) is 3. The maximum atomic E-state index is 5.96. The first-order valence-corrected chi connectivity index (χ1v) is 6.41. The average molecular weight is 242 g/mol. The lowest BCUT2D eigenvalue weighted by Gasteiger charge is -2.23. The summed E-state index contributed by atoms with van der Waals surface area (Å²) in [4.78, 5) is 2.47. The summed E-state index contributed by atoms with van der Waals surface area (Å²) in [7, 11) is 0. The largest absolute Gasteiger partial charge is 0.396 e. The van der Waals surface area contributed by atoms with Crippen LogP contribution in [0.25, 0.3) is 0 Å². The van der Waals surface area contributed by atoms with Crippen LogP contribution in [0.2, 0.25) is 0 Å². The number of benzene rings is 1. The fourth-order valence-electron chi connectivity index (χ4n) is 2.73. The van der Waals surface area contributed by atoms with Gasteiger partial charge in [0.05, 0.1) is 23.6 Å². The molecule has 4 heteroatoms. The number of nitrogens with two attached hydrogens (primary N) is 1. The van der Waals surface area contributed by atoms with Crippen LogP contribution >= 0.6 is 0 Å². The molecule has 0 saturated carbocycles. The normalized spacial score (nSPS) is 20.3. The van der Waals surface area contributed by atoms with E-state index in [-0.39, 0.29) is 0 Å². The van der Waals surface area contributed by atoms with Gasteiger partial charge in [-0.15, -0.1) is 0 Å². The molecule has 1 aliphatic heterocycles. The van der Waals surface area contributed by atoms with Gasteiger partial charge in [-0.2, -0.15) is 5.10 Å². The highest BCUT2D eigenvalue weighted by atomic mass is 15.2. The number of hydrogen-bond donors (Lipinski definition) is 2. The number of nitrogens with one attached hydrogen (secondary N) is 1. The maximum Gasteiger partial charge on any atom is 0.0753 e. The molecule has 0 bridgehead atoms. The van der Waals surface area contributed by atoms with E-state index in [1.54, 1.807) is 6.20 Å². The molecule has 2 heterocycles. The highest BCUT2D eigenvalue weighted by Crippen LogP contribution is 2.34. The zero-order valence-electron chi connectivity index (χ0n) is 10.3. The van der Waals surface area contributed by atoms with Crippen molar-refractivity contribution in [1.82, 2.24) is 15.1 Å². The monoisotopic (exact) mass is 242 g/mol. The van der Waals surface area contributed by atoms with Crippen LogP contribution in [-0.4, -0.2) is 21.6 Å². The summed E-state index contributed by atoms with van der Waals surface area (Å²) in [5.74, 6) is 0. The Morgan fingerprint density at radius 3 is 2.89 bits per heavy atom. The Hall–Kier alpha value is -1.81. The summed E-state index contributed by atoms with van der Waals surface area (Å²) in [5, 5.41) is 7.08. The number of H-pyrrole nitrogens is 1. The molecule has 1 aliphatic rings. The van der Waals surface area contributed by atoms with Crippen LogP contribution in [0.15, 0.2) is 36.5 Å². The molecule has 1 atom stereocenters. The van der Waals surface area contributed by atoms with Gasteiger partial charge in [0.15, 0.2) is 0 Å². The van der Waals surface area contributed by atoms with E-state index < -0.39 is 0 Å². The molecule has 3 N–H and O–H groups in total. The molecule has 1 aromatic heterocycles. The molecule has 1 fully saturated rings.